The number of carboxylic acid groups (broad SMARTS) is 1. The molecule has 0 unspecified atom stereocenters. The van der Waals surface area contributed by atoms with Crippen LogP contribution >= 0.6 is 0 Å². The van der Waals surface area contributed by atoms with Crippen LogP contribution < -0.4 is 0 Å². The van der Waals surface area contributed by atoms with Gasteiger partial charge in [-0.25, -0.2) is 0 Å². The van der Waals surface area contributed by atoms with Crippen molar-refractivity contribution >= 4 is 5.97 Å². The molecule has 2 nitrogen and oxygen atoms in total. The Morgan fingerprint density at radius 1 is 1.38 bits per heavy atom. The van der Waals surface area contributed by atoms with Crippen LogP contribution in [0, 0.1) is 5.41 Å². The van der Waals surface area contributed by atoms with E-state index in [4.69, 9.17) is 5.11 Å². The van der Waals surface area contributed by atoms with Crippen LogP contribution in [0.4, 0.5) is 0 Å². The lowest BCUT2D eigenvalue weighted by molar-refractivity contribution is -0.150. The highest BCUT2D eigenvalue weighted by molar-refractivity contribution is 5.80. The predicted octanol–water partition coefficient (Wildman–Crippen LogP) is 2.52. The minimum Gasteiger partial charge on any atom is -0.481 e. The number of allylic oxidation sites excluding steroid dienone is 3. The Morgan fingerprint density at radius 3 is 2.54 bits per heavy atom. The standard InChI is InChI=1S/C11H14O2/c12-10(13)11(7-4-8-11)9-5-2-1-3-6-9/h2,5-6H,1,3-4,7-8H2,(H,12,13). The van der Waals surface area contributed by atoms with Crippen molar-refractivity contribution in [3.63, 3.8) is 0 Å². The van der Waals surface area contributed by atoms with Gasteiger partial charge >= 0.3 is 5.97 Å². The summed E-state index contributed by atoms with van der Waals surface area (Å²) in [6.07, 6.45) is 10.9. The van der Waals surface area contributed by atoms with Gasteiger partial charge in [0, 0.05) is 0 Å². The number of carboxylic acids is 1. The molecule has 1 saturated carbocycles. The molecule has 0 atom stereocenters. The normalized spacial score (nSPS) is 24.8. The van der Waals surface area contributed by atoms with Gasteiger partial charge in [-0.2, -0.15) is 0 Å². The maximum Gasteiger partial charge on any atom is 0.314 e. The first-order chi connectivity index (χ1) is 6.26. The molecule has 2 aliphatic rings. The first-order valence-corrected chi connectivity index (χ1v) is 4.86. The Balaban J connectivity index is 2.26. The molecule has 0 aliphatic heterocycles. The Kier molecular flexibility index (Phi) is 1.98. The molecule has 0 aromatic rings. The summed E-state index contributed by atoms with van der Waals surface area (Å²) < 4.78 is 0. The van der Waals surface area contributed by atoms with E-state index in [1.54, 1.807) is 0 Å². The molecule has 0 radical (unpaired) electrons. The molecular weight excluding hydrogens is 164 g/mol. The molecule has 1 N–H and O–H groups in total. The van der Waals surface area contributed by atoms with Crippen molar-refractivity contribution in [2.45, 2.75) is 32.1 Å². The third kappa shape index (κ3) is 1.21. The van der Waals surface area contributed by atoms with Gasteiger partial charge in [-0.3, -0.25) is 4.79 Å². The summed E-state index contributed by atoms with van der Waals surface area (Å²) in [6.45, 7) is 0. The van der Waals surface area contributed by atoms with Crippen molar-refractivity contribution in [3.8, 4) is 0 Å². The van der Waals surface area contributed by atoms with Crippen LogP contribution in [0.1, 0.15) is 32.1 Å². The molecule has 0 saturated heterocycles. The summed E-state index contributed by atoms with van der Waals surface area (Å²) in [5, 5.41) is 9.16. The van der Waals surface area contributed by atoms with Crippen LogP contribution in [0.2, 0.25) is 0 Å². The highest BCUT2D eigenvalue weighted by atomic mass is 16.4. The van der Waals surface area contributed by atoms with Crippen LogP contribution in [-0.2, 0) is 4.79 Å². The Hall–Kier alpha value is -1.05. The summed E-state index contributed by atoms with van der Waals surface area (Å²) in [6, 6.07) is 0. The minimum absolute atomic E-state index is 0.517. The Bertz CT molecular complexity index is 282. The maximum absolute atomic E-state index is 11.1. The molecule has 0 aromatic carbocycles. The summed E-state index contributed by atoms with van der Waals surface area (Å²) in [5.74, 6) is -0.642. The van der Waals surface area contributed by atoms with Crippen LogP contribution in [0.15, 0.2) is 23.8 Å². The monoisotopic (exact) mass is 178 g/mol. The van der Waals surface area contributed by atoms with E-state index in [2.05, 4.69) is 12.2 Å². The van der Waals surface area contributed by atoms with E-state index in [-0.39, 0.29) is 0 Å². The van der Waals surface area contributed by atoms with Gasteiger partial charge in [0.05, 0.1) is 5.41 Å². The van der Waals surface area contributed by atoms with Crippen molar-refractivity contribution in [3.05, 3.63) is 23.8 Å². The number of aliphatic carboxylic acids is 1. The summed E-state index contributed by atoms with van der Waals surface area (Å²) in [4.78, 5) is 11.1. The summed E-state index contributed by atoms with van der Waals surface area (Å²) in [5.41, 5.74) is 0.522. The van der Waals surface area contributed by atoms with E-state index in [1.807, 2.05) is 6.08 Å². The summed E-state index contributed by atoms with van der Waals surface area (Å²) >= 11 is 0. The van der Waals surface area contributed by atoms with Crippen molar-refractivity contribution in [1.29, 1.82) is 0 Å². The molecule has 1 fully saturated rings. The van der Waals surface area contributed by atoms with Gasteiger partial charge in [0.25, 0.3) is 0 Å². The van der Waals surface area contributed by atoms with Gasteiger partial charge in [0.15, 0.2) is 0 Å². The van der Waals surface area contributed by atoms with E-state index in [0.29, 0.717) is 0 Å². The van der Waals surface area contributed by atoms with Gasteiger partial charge in [-0.15, -0.1) is 0 Å². The van der Waals surface area contributed by atoms with Gasteiger partial charge in [-0.1, -0.05) is 24.6 Å². The van der Waals surface area contributed by atoms with Crippen LogP contribution in [-0.4, -0.2) is 11.1 Å². The molecule has 0 bridgehead atoms. The van der Waals surface area contributed by atoms with Crippen LogP contribution in [0.5, 0.6) is 0 Å². The maximum atomic E-state index is 11.1. The predicted molar refractivity (Wildman–Crippen MR) is 50.4 cm³/mol. The van der Waals surface area contributed by atoms with Gasteiger partial charge in [0.2, 0.25) is 0 Å². The molecule has 2 heteroatoms. The fraction of sp³-hybridized carbons (Fsp3) is 0.545. The topological polar surface area (TPSA) is 37.3 Å². The lowest BCUT2D eigenvalue weighted by atomic mass is 9.63. The van der Waals surface area contributed by atoms with E-state index >= 15 is 0 Å². The molecule has 2 rings (SSSR count). The van der Waals surface area contributed by atoms with Crippen molar-refractivity contribution in [2.24, 2.45) is 5.41 Å². The molecule has 0 aromatic heterocycles. The number of hydrogen-bond acceptors (Lipinski definition) is 1. The van der Waals surface area contributed by atoms with Gasteiger partial charge in [-0.05, 0) is 31.3 Å². The number of carbonyl (C=O) groups is 1. The smallest absolute Gasteiger partial charge is 0.314 e. The third-order valence-corrected chi connectivity index (χ3v) is 3.16. The zero-order valence-electron chi connectivity index (χ0n) is 7.62. The molecular formula is C11H14O2. The quantitative estimate of drug-likeness (QED) is 0.705. The van der Waals surface area contributed by atoms with Gasteiger partial charge < -0.3 is 5.11 Å². The van der Waals surface area contributed by atoms with E-state index in [0.717, 1.165) is 37.7 Å². The molecule has 13 heavy (non-hydrogen) atoms. The van der Waals surface area contributed by atoms with Crippen molar-refractivity contribution < 1.29 is 9.90 Å². The Labute approximate surface area is 78.0 Å². The van der Waals surface area contributed by atoms with E-state index in [9.17, 15) is 4.79 Å². The van der Waals surface area contributed by atoms with Gasteiger partial charge in [0.1, 0.15) is 0 Å². The highest BCUT2D eigenvalue weighted by Gasteiger charge is 2.46. The number of rotatable bonds is 2. The second-order valence-electron chi connectivity index (χ2n) is 3.88. The number of hydrogen-bond donors (Lipinski definition) is 1. The SMILES string of the molecule is O=C(O)C1(C2=CCCC=C2)CCC1. The zero-order valence-corrected chi connectivity index (χ0v) is 7.62. The highest BCUT2D eigenvalue weighted by Crippen LogP contribution is 2.48. The molecule has 0 spiro atoms. The lowest BCUT2D eigenvalue weighted by Crippen LogP contribution is -2.39. The van der Waals surface area contributed by atoms with Crippen LogP contribution in [0.3, 0.4) is 0 Å². The van der Waals surface area contributed by atoms with E-state index in [1.165, 1.54) is 0 Å². The third-order valence-electron chi connectivity index (χ3n) is 3.16. The average Bonchev–Trinajstić information content (AvgIpc) is 2.03. The molecule has 70 valence electrons. The largest absolute Gasteiger partial charge is 0.481 e. The fourth-order valence-corrected chi connectivity index (χ4v) is 2.12. The average molecular weight is 178 g/mol. The first kappa shape index (κ1) is 8.54. The summed E-state index contributed by atoms with van der Waals surface area (Å²) in [7, 11) is 0. The first-order valence-electron chi connectivity index (χ1n) is 4.86. The van der Waals surface area contributed by atoms with Crippen molar-refractivity contribution in [2.75, 3.05) is 0 Å². The minimum atomic E-state index is -0.642. The van der Waals surface area contributed by atoms with E-state index < -0.39 is 11.4 Å². The molecule has 0 amide bonds. The lowest BCUT2D eigenvalue weighted by Gasteiger charge is -2.39. The van der Waals surface area contributed by atoms with Crippen LogP contribution in [0.25, 0.3) is 0 Å². The fourth-order valence-electron chi connectivity index (χ4n) is 2.12. The second kappa shape index (κ2) is 3.02. The molecule has 2 aliphatic carbocycles. The second-order valence-corrected chi connectivity index (χ2v) is 3.88. The van der Waals surface area contributed by atoms with Crippen molar-refractivity contribution in [1.82, 2.24) is 0 Å². The zero-order chi connectivity index (χ0) is 9.31. The Morgan fingerprint density at radius 2 is 2.15 bits per heavy atom. The molecule has 0 heterocycles.